The molecule has 1 aliphatic carbocycles. The lowest BCUT2D eigenvalue weighted by atomic mass is 9.88. The fourth-order valence-corrected chi connectivity index (χ4v) is 1.63. The van der Waals surface area contributed by atoms with Gasteiger partial charge in [-0.2, -0.15) is 0 Å². The summed E-state index contributed by atoms with van der Waals surface area (Å²) in [5.41, 5.74) is 6.35. The van der Waals surface area contributed by atoms with Crippen LogP contribution in [0.4, 0.5) is 0 Å². The Kier molecular flexibility index (Phi) is 2.69. The fourth-order valence-electron chi connectivity index (χ4n) is 1.63. The van der Waals surface area contributed by atoms with Gasteiger partial charge in [-0.3, -0.25) is 4.79 Å². The quantitative estimate of drug-likeness (QED) is 0.655. The van der Waals surface area contributed by atoms with Gasteiger partial charge in [0.25, 0.3) is 0 Å². The van der Waals surface area contributed by atoms with E-state index in [2.05, 4.69) is 6.92 Å². The van der Waals surface area contributed by atoms with Crippen LogP contribution >= 0.6 is 0 Å². The van der Waals surface area contributed by atoms with Crippen LogP contribution in [0.25, 0.3) is 0 Å². The minimum atomic E-state index is 0.201. The summed E-state index contributed by atoms with van der Waals surface area (Å²) < 4.78 is 0. The molecule has 62 valence electrons. The summed E-state index contributed by atoms with van der Waals surface area (Å²) >= 11 is 0. The molecule has 0 aromatic rings. The Bertz CT molecular complexity index is 184. The van der Waals surface area contributed by atoms with Crippen molar-refractivity contribution in [1.82, 2.24) is 0 Å². The van der Waals surface area contributed by atoms with Crippen molar-refractivity contribution in [3.63, 3.8) is 0 Å². The third kappa shape index (κ3) is 2.37. The zero-order valence-electron chi connectivity index (χ0n) is 6.97. The van der Waals surface area contributed by atoms with Crippen LogP contribution in [0.1, 0.15) is 32.6 Å². The molecule has 0 saturated carbocycles. The molecule has 2 heteroatoms. The predicted octanol–water partition coefficient (Wildman–Crippen LogP) is 1.61. The molecule has 11 heavy (non-hydrogen) atoms. The number of rotatable bonds is 2. The van der Waals surface area contributed by atoms with Crippen molar-refractivity contribution in [3.05, 3.63) is 11.8 Å². The van der Waals surface area contributed by atoms with Gasteiger partial charge in [-0.05, 0) is 24.8 Å². The number of allylic oxidation sites excluding steroid dienone is 2. The second kappa shape index (κ2) is 3.56. The lowest BCUT2D eigenvalue weighted by Gasteiger charge is -2.18. The van der Waals surface area contributed by atoms with Crippen molar-refractivity contribution in [2.75, 3.05) is 0 Å². The van der Waals surface area contributed by atoms with E-state index >= 15 is 0 Å². The average molecular weight is 153 g/mol. The van der Waals surface area contributed by atoms with E-state index < -0.39 is 0 Å². The topological polar surface area (TPSA) is 43.1 Å². The Morgan fingerprint density at radius 1 is 1.64 bits per heavy atom. The third-order valence-electron chi connectivity index (χ3n) is 2.06. The van der Waals surface area contributed by atoms with Crippen LogP contribution in [0.15, 0.2) is 11.8 Å². The van der Waals surface area contributed by atoms with Crippen molar-refractivity contribution in [1.29, 1.82) is 0 Å². The first-order chi connectivity index (χ1) is 5.22. The zero-order chi connectivity index (χ0) is 8.27. The fraction of sp³-hybridized carbons (Fsp3) is 0.667. The summed E-state index contributed by atoms with van der Waals surface area (Å²) in [5, 5.41) is 0. The van der Waals surface area contributed by atoms with E-state index in [-0.39, 0.29) is 5.78 Å². The highest BCUT2D eigenvalue weighted by Gasteiger charge is 2.17. The number of hydrogen-bond acceptors (Lipinski definition) is 2. The van der Waals surface area contributed by atoms with Gasteiger partial charge in [0.1, 0.15) is 0 Å². The van der Waals surface area contributed by atoms with E-state index in [9.17, 15) is 4.79 Å². The van der Waals surface area contributed by atoms with Crippen molar-refractivity contribution >= 4 is 5.78 Å². The summed E-state index contributed by atoms with van der Waals surface area (Å²) in [7, 11) is 0. The molecule has 0 bridgehead atoms. The highest BCUT2D eigenvalue weighted by molar-refractivity contribution is 5.91. The van der Waals surface area contributed by atoms with Crippen LogP contribution in [-0.2, 0) is 4.79 Å². The van der Waals surface area contributed by atoms with Gasteiger partial charge < -0.3 is 5.73 Å². The molecule has 0 radical (unpaired) electrons. The highest BCUT2D eigenvalue weighted by atomic mass is 16.1. The van der Waals surface area contributed by atoms with Crippen LogP contribution in [0.2, 0.25) is 0 Å². The van der Waals surface area contributed by atoms with Crippen LogP contribution in [0.5, 0.6) is 0 Å². The maximum atomic E-state index is 11.0. The van der Waals surface area contributed by atoms with E-state index in [1.165, 1.54) is 0 Å². The molecule has 0 aromatic heterocycles. The van der Waals surface area contributed by atoms with E-state index in [1.807, 2.05) is 0 Å². The summed E-state index contributed by atoms with van der Waals surface area (Å²) in [6.07, 6.45) is 5.46. The van der Waals surface area contributed by atoms with Crippen molar-refractivity contribution < 1.29 is 4.79 Å². The van der Waals surface area contributed by atoms with Gasteiger partial charge in [0.05, 0.1) is 0 Å². The Balaban J connectivity index is 2.50. The molecular weight excluding hydrogens is 138 g/mol. The second-order valence-electron chi connectivity index (χ2n) is 3.25. The van der Waals surface area contributed by atoms with Gasteiger partial charge in [-0.25, -0.2) is 0 Å². The van der Waals surface area contributed by atoms with Gasteiger partial charge in [0, 0.05) is 12.1 Å². The zero-order valence-corrected chi connectivity index (χ0v) is 6.97. The number of ketones is 1. The van der Waals surface area contributed by atoms with Crippen LogP contribution in [0.3, 0.4) is 0 Å². The van der Waals surface area contributed by atoms with Gasteiger partial charge in [-0.1, -0.05) is 13.3 Å². The van der Waals surface area contributed by atoms with E-state index in [4.69, 9.17) is 5.73 Å². The molecule has 1 aliphatic rings. The minimum absolute atomic E-state index is 0.201. The molecule has 0 amide bonds. The first-order valence-electron chi connectivity index (χ1n) is 4.21. The lowest BCUT2D eigenvalue weighted by molar-refractivity contribution is -0.116. The maximum Gasteiger partial charge on any atom is 0.157 e. The first kappa shape index (κ1) is 8.31. The summed E-state index contributed by atoms with van der Waals surface area (Å²) in [6.45, 7) is 2.14. The van der Waals surface area contributed by atoms with Crippen LogP contribution < -0.4 is 5.73 Å². The van der Waals surface area contributed by atoms with Gasteiger partial charge in [0.2, 0.25) is 0 Å². The monoisotopic (exact) mass is 153 g/mol. The lowest BCUT2D eigenvalue weighted by Crippen LogP contribution is -2.17. The predicted molar refractivity (Wildman–Crippen MR) is 44.9 cm³/mol. The second-order valence-corrected chi connectivity index (χ2v) is 3.25. The van der Waals surface area contributed by atoms with Crippen LogP contribution in [-0.4, -0.2) is 5.78 Å². The molecule has 0 aromatic carbocycles. The molecule has 1 rings (SSSR count). The minimum Gasteiger partial charge on any atom is -0.402 e. The third-order valence-corrected chi connectivity index (χ3v) is 2.06. The van der Waals surface area contributed by atoms with Crippen molar-refractivity contribution in [2.45, 2.75) is 32.6 Å². The van der Waals surface area contributed by atoms with Gasteiger partial charge in [0.15, 0.2) is 5.78 Å². The molecule has 0 heterocycles. The molecule has 0 fully saturated rings. The van der Waals surface area contributed by atoms with Crippen molar-refractivity contribution in [2.24, 2.45) is 11.7 Å². The Morgan fingerprint density at radius 2 is 2.36 bits per heavy atom. The molecule has 2 nitrogen and oxygen atoms in total. The molecule has 1 unspecified atom stereocenters. The molecular formula is C9H15NO. The Morgan fingerprint density at radius 3 is 2.91 bits per heavy atom. The number of carbonyl (C=O) groups is 1. The van der Waals surface area contributed by atoms with E-state index in [0.717, 1.165) is 25.0 Å². The molecule has 0 saturated heterocycles. The summed E-state index contributed by atoms with van der Waals surface area (Å²) in [4.78, 5) is 11.0. The van der Waals surface area contributed by atoms with Crippen LogP contribution in [0, 0.1) is 5.92 Å². The molecule has 0 spiro atoms. The maximum absolute atomic E-state index is 11.0. The molecule has 1 atom stereocenters. The van der Waals surface area contributed by atoms with Crippen molar-refractivity contribution in [3.8, 4) is 0 Å². The summed E-state index contributed by atoms with van der Waals surface area (Å²) in [5.74, 6) is 0.713. The number of carbonyl (C=O) groups excluding carboxylic acids is 1. The van der Waals surface area contributed by atoms with Gasteiger partial charge >= 0.3 is 0 Å². The SMILES string of the molecule is CCCC1CC(=O)C=C(N)C1. The number of hydrogen-bond donors (Lipinski definition) is 1. The summed E-state index contributed by atoms with van der Waals surface area (Å²) in [6, 6.07) is 0. The smallest absolute Gasteiger partial charge is 0.157 e. The normalized spacial score (nSPS) is 25.0. The Hall–Kier alpha value is -0.790. The molecule has 0 aliphatic heterocycles. The van der Waals surface area contributed by atoms with E-state index in [0.29, 0.717) is 12.3 Å². The standard InChI is InChI=1S/C9H15NO/c1-2-3-7-4-8(10)6-9(11)5-7/h6-7H,2-5,10H2,1H3. The Labute approximate surface area is 67.5 Å². The highest BCUT2D eigenvalue weighted by Crippen LogP contribution is 2.23. The van der Waals surface area contributed by atoms with E-state index in [1.54, 1.807) is 6.08 Å². The average Bonchev–Trinajstić information content (AvgIpc) is 1.85. The molecule has 2 N–H and O–H groups in total. The first-order valence-corrected chi connectivity index (χ1v) is 4.21. The van der Waals surface area contributed by atoms with Gasteiger partial charge in [-0.15, -0.1) is 0 Å². The largest absolute Gasteiger partial charge is 0.402 e. The number of nitrogens with two attached hydrogens (primary N) is 1.